The highest BCUT2D eigenvalue weighted by Gasteiger charge is 2.23. The fourth-order valence-corrected chi connectivity index (χ4v) is 4.88. The number of aromatic nitrogens is 3. The summed E-state index contributed by atoms with van der Waals surface area (Å²) in [4.78, 5) is 17.5. The molecular weight excluding hydrogens is 441 g/mol. The Morgan fingerprint density at radius 3 is 2.48 bits per heavy atom. The van der Waals surface area contributed by atoms with Crippen molar-refractivity contribution in [2.24, 2.45) is 0 Å². The van der Waals surface area contributed by atoms with E-state index in [9.17, 15) is 9.18 Å². The molecule has 2 heterocycles. The van der Waals surface area contributed by atoms with Gasteiger partial charge in [-0.2, -0.15) is 0 Å². The molecule has 0 unspecified atom stereocenters. The fraction of sp³-hybridized carbons (Fsp3) is 0.375. The van der Waals surface area contributed by atoms with Gasteiger partial charge < -0.3 is 14.5 Å². The van der Waals surface area contributed by atoms with Crippen LogP contribution in [0.3, 0.4) is 0 Å². The van der Waals surface area contributed by atoms with E-state index in [1.165, 1.54) is 23.9 Å². The first-order valence-corrected chi connectivity index (χ1v) is 12.0. The van der Waals surface area contributed by atoms with E-state index in [-0.39, 0.29) is 18.3 Å². The Labute approximate surface area is 197 Å². The molecule has 0 spiro atoms. The molecule has 4 rings (SSSR count). The van der Waals surface area contributed by atoms with Gasteiger partial charge in [-0.05, 0) is 42.4 Å². The third kappa shape index (κ3) is 5.43. The van der Waals surface area contributed by atoms with Crippen molar-refractivity contribution in [3.8, 4) is 5.69 Å². The minimum atomic E-state index is -0.304. The molecule has 33 heavy (non-hydrogen) atoms. The second-order valence-electron chi connectivity index (χ2n) is 7.82. The van der Waals surface area contributed by atoms with Crippen LogP contribution >= 0.6 is 11.8 Å². The fourth-order valence-electron chi connectivity index (χ4n) is 3.90. The predicted molar refractivity (Wildman–Crippen MR) is 126 cm³/mol. The Morgan fingerprint density at radius 2 is 1.79 bits per heavy atom. The number of thioether (sulfide) groups is 1. The number of carbonyl (C=O) groups is 1. The quantitative estimate of drug-likeness (QED) is 0.470. The van der Waals surface area contributed by atoms with Gasteiger partial charge >= 0.3 is 0 Å². The van der Waals surface area contributed by atoms with Crippen molar-refractivity contribution in [2.75, 3.05) is 39.8 Å². The Balaban J connectivity index is 1.53. The van der Waals surface area contributed by atoms with Gasteiger partial charge in [0.2, 0.25) is 0 Å². The summed E-state index contributed by atoms with van der Waals surface area (Å²) in [6.45, 7) is 6.73. The molecule has 1 aliphatic rings. The number of methoxy groups -OCH3 is 1. The molecule has 1 aromatic heterocycles. The zero-order valence-corrected chi connectivity index (χ0v) is 19.7. The van der Waals surface area contributed by atoms with Crippen LogP contribution in [0.2, 0.25) is 0 Å². The largest absolute Gasteiger partial charge is 0.377 e. The lowest BCUT2D eigenvalue weighted by molar-refractivity contribution is 0.0642. The van der Waals surface area contributed by atoms with E-state index in [4.69, 9.17) is 4.74 Å². The van der Waals surface area contributed by atoms with Crippen molar-refractivity contribution >= 4 is 17.7 Å². The molecule has 1 saturated heterocycles. The highest BCUT2D eigenvalue weighted by atomic mass is 32.2. The maximum Gasteiger partial charge on any atom is 0.254 e. The number of amides is 1. The summed E-state index contributed by atoms with van der Waals surface area (Å²) in [7, 11) is 1.60. The van der Waals surface area contributed by atoms with E-state index in [1.807, 2.05) is 33.7 Å². The number of rotatable bonds is 8. The Hall–Kier alpha value is -2.75. The highest BCUT2D eigenvalue weighted by Crippen LogP contribution is 2.27. The first-order valence-electron chi connectivity index (χ1n) is 11.0. The molecule has 0 atom stereocenters. The maximum absolute atomic E-state index is 13.5. The van der Waals surface area contributed by atoms with Crippen molar-refractivity contribution in [1.29, 1.82) is 0 Å². The van der Waals surface area contributed by atoms with E-state index >= 15 is 0 Å². The molecule has 1 aliphatic heterocycles. The average Bonchev–Trinajstić information content (AvgIpc) is 3.25. The third-order valence-corrected chi connectivity index (χ3v) is 6.75. The molecule has 0 aliphatic carbocycles. The van der Waals surface area contributed by atoms with Crippen molar-refractivity contribution in [3.63, 3.8) is 0 Å². The minimum absolute atomic E-state index is 0.0713. The lowest BCUT2D eigenvalue weighted by atomic mass is 10.1. The number of benzene rings is 2. The van der Waals surface area contributed by atoms with E-state index in [1.54, 1.807) is 19.2 Å². The number of likely N-dealkylation sites (N-methyl/N-ethyl adjacent to an activating group) is 1. The summed E-state index contributed by atoms with van der Waals surface area (Å²) in [5.41, 5.74) is 2.43. The standard InChI is InChI=1S/C24H28FN5O2S/c1-3-28-12-14-29(15-13-28)23(31)21-7-5-4-6-18(21)17-33-24-27-26-22(16-32-2)30(24)20-10-8-19(25)9-11-20/h4-11H,3,12-17H2,1-2H3. The van der Waals surface area contributed by atoms with Gasteiger partial charge in [-0.1, -0.05) is 36.9 Å². The third-order valence-electron chi connectivity index (χ3n) is 5.77. The van der Waals surface area contributed by atoms with Crippen LogP contribution in [0.4, 0.5) is 4.39 Å². The monoisotopic (exact) mass is 469 g/mol. The molecule has 9 heteroatoms. The summed E-state index contributed by atoms with van der Waals surface area (Å²) in [6.07, 6.45) is 0. The number of piperazine rings is 1. The SMILES string of the molecule is CCN1CCN(C(=O)c2ccccc2CSc2nnc(COC)n2-c2ccc(F)cc2)CC1. The molecule has 0 bridgehead atoms. The number of ether oxygens (including phenoxy) is 1. The van der Waals surface area contributed by atoms with Crippen LogP contribution in [-0.2, 0) is 17.1 Å². The van der Waals surface area contributed by atoms with E-state index in [2.05, 4.69) is 22.0 Å². The van der Waals surface area contributed by atoms with Crippen LogP contribution in [0.1, 0.15) is 28.7 Å². The zero-order valence-electron chi connectivity index (χ0n) is 18.9. The van der Waals surface area contributed by atoms with Gasteiger partial charge in [-0.25, -0.2) is 4.39 Å². The molecule has 1 amide bonds. The molecule has 0 N–H and O–H groups in total. The predicted octanol–water partition coefficient (Wildman–Crippen LogP) is 3.62. The summed E-state index contributed by atoms with van der Waals surface area (Å²) >= 11 is 1.49. The minimum Gasteiger partial charge on any atom is -0.377 e. The van der Waals surface area contributed by atoms with Crippen LogP contribution < -0.4 is 0 Å². The molecular formula is C24H28FN5O2S. The molecule has 0 saturated carbocycles. The normalized spacial score (nSPS) is 14.6. The summed E-state index contributed by atoms with van der Waals surface area (Å²) in [5.74, 6) is 0.955. The van der Waals surface area contributed by atoms with Gasteiger partial charge in [0.25, 0.3) is 5.91 Å². The summed E-state index contributed by atoms with van der Waals surface area (Å²) in [5, 5.41) is 9.25. The smallest absolute Gasteiger partial charge is 0.254 e. The lowest BCUT2D eigenvalue weighted by Crippen LogP contribution is -2.48. The zero-order chi connectivity index (χ0) is 23.2. The Kier molecular flexibility index (Phi) is 7.74. The van der Waals surface area contributed by atoms with E-state index in [0.717, 1.165) is 49.5 Å². The maximum atomic E-state index is 13.5. The lowest BCUT2D eigenvalue weighted by Gasteiger charge is -2.34. The molecule has 1 fully saturated rings. The van der Waals surface area contributed by atoms with Gasteiger partial charge in [0.15, 0.2) is 11.0 Å². The van der Waals surface area contributed by atoms with Gasteiger partial charge in [0.1, 0.15) is 12.4 Å². The first kappa shape index (κ1) is 23.4. The molecule has 3 aromatic rings. The van der Waals surface area contributed by atoms with Crippen LogP contribution in [0.5, 0.6) is 0 Å². The topological polar surface area (TPSA) is 63.5 Å². The van der Waals surface area contributed by atoms with Crippen molar-refractivity contribution in [2.45, 2.75) is 24.4 Å². The second kappa shape index (κ2) is 10.9. The van der Waals surface area contributed by atoms with Crippen LogP contribution in [-0.4, -0.2) is 70.3 Å². The molecule has 7 nitrogen and oxygen atoms in total. The summed E-state index contributed by atoms with van der Waals surface area (Å²) in [6, 6.07) is 13.9. The van der Waals surface area contributed by atoms with Gasteiger partial charge in [0, 0.05) is 50.3 Å². The van der Waals surface area contributed by atoms with Crippen molar-refractivity contribution in [1.82, 2.24) is 24.6 Å². The Morgan fingerprint density at radius 1 is 1.06 bits per heavy atom. The number of carbonyl (C=O) groups excluding carboxylic acids is 1. The van der Waals surface area contributed by atoms with Crippen LogP contribution in [0.15, 0.2) is 53.7 Å². The van der Waals surface area contributed by atoms with E-state index in [0.29, 0.717) is 16.7 Å². The van der Waals surface area contributed by atoms with Gasteiger partial charge in [0.05, 0.1) is 0 Å². The van der Waals surface area contributed by atoms with Crippen molar-refractivity contribution in [3.05, 3.63) is 71.3 Å². The second-order valence-corrected chi connectivity index (χ2v) is 8.76. The van der Waals surface area contributed by atoms with E-state index < -0.39 is 0 Å². The van der Waals surface area contributed by atoms with Crippen LogP contribution in [0.25, 0.3) is 5.69 Å². The first-order chi connectivity index (χ1) is 16.1. The van der Waals surface area contributed by atoms with Gasteiger partial charge in [-0.15, -0.1) is 10.2 Å². The van der Waals surface area contributed by atoms with Gasteiger partial charge in [-0.3, -0.25) is 9.36 Å². The molecule has 0 radical (unpaired) electrons. The molecule has 174 valence electrons. The average molecular weight is 470 g/mol. The molecule has 2 aromatic carbocycles. The van der Waals surface area contributed by atoms with Crippen molar-refractivity contribution < 1.29 is 13.9 Å². The number of hydrogen-bond acceptors (Lipinski definition) is 6. The highest BCUT2D eigenvalue weighted by molar-refractivity contribution is 7.98. The number of nitrogens with zero attached hydrogens (tertiary/aromatic N) is 5. The number of halogens is 1. The Bertz CT molecular complexity index is 1080. The summed E-state index contributed by atoms with van der Waals surface area (Å²) < 4.78 is 20.6. The van der Waals surface area contributed by atoms with Crippen LogP contribution in [0, 0.1) is 5.82 Å². The number of hydrogen-bond donors (Lipinski definition) is 0.